The zero-order valence-electron chi connectivity index (χ0n) is 12.2. The standard InChI is InChI=1S/C13H23N5O3/c1-21-12(20)9-5-2-6-10-17-8(11(19)18(9)10)4-3-7-16-13(14)15/h8-10,17H,2-7H2,1H3,(H4,14,15,16)/t8-,9+,10+/m1/s1. The fourth-order valence-electron chi connectivity index (χ4n) is 3.03. The molecule has 3 atom stereocenters. The van der Waals surface area contributed by atoms with Gasteiger partial charge in [0.1, 0.15) is 6.04 Å². The molecule has 8 heteroatoms. The number of nitrogens with two attached hydrogens (primary N) is 2. The minimum Gasteiger partial charge on any atom is -0.467 e. The van der Waals surface area contributed by atoms with Crippen LogP contribution in [-0.4, -0.2) is 54.6 Å². The average Bonchev–Trinajstić information content (AvgIpc) is 2.79. The number of nitrogens with zero attached hydrogens (tertiary/aromatic N) is 2. The van der Waals surface area contributed by atoms with E-state index in [9.17, 15) is 9.59 Å². The Labute approximate surface area is 123 Å². The van der Waals surface area contributed by atoms with Gasteiger partial charge in [-0.25, -0.2) is 4.79 Å². The molecule has 0 aromatic carbocycles. The minimum absolute atomic E-state index is 0.0280. The second-order valence-electron chi connectivity index (χ2n) is 5.40. The molecule has 0 spiro atoms. The van der Waals surface area contributed by atoms with Gasteiger partial charge in [-0.2, -0.15) is 0 Å². The van der Waals surface area contributed by atoms with Crippen molar-refractivity contribution >= 4 is 17.8 Å². The molecule has 5 N–H and O–H groups in total. The summed E-state index contributed by atoms with van der Waals surface area (Å²) in [6.45, 7) is 0.499. The van der Waals surface area contributed by atoms with Gasteiger partial charge in [0.2, 0.25) is 5.91 Å². The maximum Gasteiger partial charge on any atom is 0.328 e. The molecular formula is C13H23N5O3. The number of methoxy groups -OCH3 is 1. The van der Waals surface area contributed by atoms with E-state index in [4.69, 9.17) is 16.2 Å². The highest BCUT2D eigenvalue weighted by atomic mass is 16.5. The van der Waals surface area contributed by atoms with Crippen molar-refractivity contribution < 1.29 is 14.3 Å². The van der Waals surface area contributed by atoms with Crippen molar-refractivity contribution in [2.24, 2.45) is 16.5 Å². The molecule has 1 amide bonds. The van der Waals surface area contributed by atoms with Crippen molar-refractivity contribution in [3.63, 3.8) is 0 Å². The number of piperidine rings is 1. The fraction of sp³-hybridized carbons (Fsp3) is 0.769. The second kappa shape index (κ2) is 6.75. The molecule has 2 aliphatic heterocycles. The average molecular weight is 297 g/mol. The lowest BCUT2D eigenvalue weighted by atomic mass is 10.0. The van der Waals surface area contributed by atoms with Crippen LogP contribution in [0.5, 0.6) is 0 Å². The molecule has 2 saturated heterocycles. The fourth-order valence-corrected chi connectivity index (χ4v) is 3.03. The number of esters is 1. The summed E-state index contributed by atoms with van der Waals surface area (Å²) in [5.74, 6) is -0.306. The van der Waals surface area contributed by atoms with Gasteiger partial charge in [0.25, 0.3) is 0 Å². The molecule has 2 rings (SSSR count). The Morgan fingerprint density at radius 1 is 1.48 bits per heavy atom. The first-order valence-corrected chi connectivity index (χ1v) is 7.26. The largest absolute Gasteiger partial charge is 0.467 e. The van der Waals surface area contributed by atoms with Crippen molar-refractivity contribution in [1.82, 2.24) is 10.2 Å². The van der Waals surface area contributed by atoms with Gasteiger partial charge in [-0.05, 0) is 32.1 Å². The topological polar surface area (TPSA) is 123 Å². The van der Waals surface area contributed by atoms with E-state index < -0.39 is 6.04 Å². The van der Waals surface area contributed by atoms with Crippen LogP contribution in [0.1, 0.15) is 32.1 Å². The Balaban J connectivity index is 1.95. The smallest absolute Gasteiger partial charge is 0.328 e. The third-order valence-electron chi connectivity index (χ3n) is 3.99. The summed E-state index contributed by atoms with van der Waals surface area (Å²) in [7, 11) is 1.35. The minimum atomic E-state index is -0.462. The third kappa shape index (κ3) is 3.44. The lowest BCUT2D eigenvalue weighted by Crippen LogP contribution is -2.51. The van der Waals surface area contributed by atoms with Crippen LogP contribution in [-0.2, 0) is 14.3 Å². The number of amides is 1. The first-order chi connectivity index (χ1) is 10.0. The Morgan fingerprint density at radius 2 is 2.24 bits per heavy atom. The van der Waals surface area contributed by atoms with E-state index in [0.29, 0.717) is 25.8 Å². The van der Waals surface area contributed by atoms with E-state index in [1.165, 1.54) is 7.11 Å². The first-order valence-electron chi connectivity index (χ1n) is 7.26. The van der Waals surface area contributed by atoms with Gasteiger partial charge in [0.15, 0.2) is 5.96 Å². The maximum absolute atomic E-state index is 12.5. The zero-order chi connectivity index (χ0) is 15.4. The Bertz CT molecular complexity index is 436. The predicted octanol–water partition coefficient (Wildman–Crippen LogP) is -1.11. The molecule has 8 nitrogen and oxygen atoms in total. The molecule has 118 valence electrons. The molecule has 2 heterocycles. The number of hydrogen-bond donors (Lipinski definition) is 3. The van der Waals surface area contributed by atoms with Crippen molar-refractivity contribution in [2.45, 2.75) is 50.4 Å². The van der Waals surface area contributed by atoms with Gasteiger partial charge >= 0.3 is 5.97 Å². The molecule has 0 bridgehead atoms. The van der Waals surface area contributed by atoms with E-state index in [2.05, 4.69) is 10.3 Å². The van der Waals surface area contributed by atoms with E-state index in [1.807, 2.05) is 0 Å². The molecule has 0 unspecified atom stereocenters. The van der Waals surface area contributed by atoms with Crippen LogP contribution >= 0.6 is 0 Å². The summed E-state index contributed by atoms with van der Waals surface area (Å²) in [6.07, 6.45) is 3.73. The number of hydrogen-bond acceptors (Lipinski definition) is 5. The molecule has 2 aliphatic rings. The van der Waals surface area contributed by atoms with Crippen LogP contribution in [0.25, 0.3) is 0 Å². The highest BCUT2D eigenvalue weighted by Crippen LogP contribution is 2.28. The number of nitrogens with one attached hydrogen (secondary N) is 1. The summed E-state index contributed by atoms with van der Waals surface area (Å²) in [6, 6.07) is -0.731. The van der Waals surface area contributed by atoms with Crippen molar-refractivity contribution in [3.05, 3.63) is 0 Å². The highest BCUT2D eigenvalue weighted by molar-refractivity contribution is 5.89. The Hall–Kier alpha value is -1.83. The van der Waals surface area contributed by atoms with E-state index in [0.717, 1.165) is 12.8 Å². The van der Waals surface area contributed by atoms with Crippen LogP contribution in [0.2, 0.25) is 0 Å². The molecular weight excluding hydrogens is 274 g/mol. The van der Waals surface area contributed by atoms with Gasteiger partial charge in [0.05, 0.1) is 19.3 Å². The van der Waals surface area contributed by atoms with Crippen LogP contribution in [0, 0.1) is 0 Å². The quantitative estimate of drug-likeness (QED) is 0.256. The van der Waals surface area contributed by atoms with Gasteiger partial charge in [-0.1, -0.05) is 0 Å². The summed E-state index contributed by atoms with van der Waals surface area (Å²) in [4.78, 5) is 29.8. The summed E-state index contributed by atoms with van der Waals surface area (Å²) in [5.41, 5.74) is 10.5. The predicted molar refractivity (Wildman–Crippen MR) is 77.1 cm³/mol. The summed E-state index contributed by atoms with van der Waals surface area (Å²) >= 11 is 0. The van der Waals surface area contributed by atoms with Gasteiger partial charge < -0.3 is 21.1 Å². The highest BCUT2D eigenvalue weighted by Gasteiger charge is 2.46. The molecule has 0 saturated carbocycles. The molecule has 0 aliphatic carbocycles. The molecule has 0 radical (unpaired) electrons. The lowest BCUT2D eigenvalue weighted by molar-refractivity contribution is -0.154. The molecule has 2 fully saturated rings. The van der Waals surface area contributed by atoms with E-state index in [-0.39, 0.29) is 30.0 Å². The number of guanidine groups is 1. The molecule has 0 aromatic rings. The second-order valence-corrected chi connectivity index (χ2v) is 5.40. The van der Waals surface area contributed by atoms with Gasteiger partial charge in [-0.15, -0.1) is 0 Å². The third-order valence-corrected chi connectivity index (χ3v) is 3.99. The Kier molecular flexibility index (Phi) is 5.00. The number of aliphatic imine (C=N–C) groups is 1. The summed E-state index contributed by atoms with van der Waals surface area (Å²) < 4.78 is 4.80. The van der Waals surface area contributed by atoms with E-state index >= 15 is 0 Å². The lowest BCUT2D eigenvalue weighted by Gasteiger charge is -2.35. The van der Waals surface area contributed by atoms with Gasteiger partial charge in [0, 0.05) is 6.54 Å². The van der Waals surface area contributed by atoms with Crippen LogP contribution in [0.4, 0.5) is 0 Å². The summed E-state index contributed by atoms with van der Waals surface area (Å²) in [5, 5.41) is 3.30. The first kappa shape index (κ1) is 15.6. The van der Waals surface area contributed by atoms with Gasteiger partial charge in [-0.3, -0.25) is 15.1 Å². The van der Waals surface area contributed by atoms with Crippen LogP contribution in [0.3, 0.4) is 0 Å². The number of fused-ring (bicyclic) bond motifs is 1. The van der Waals surface area contributed by atoms with Crippen LogP contribution < -0.4 is 16.8 Å². The van der Waals surface area contributed by atoms with E-state index in [1.54, 1.807) is 4.90 Å². The number of carbonyl (C=O) groups is 2. The number of rotatable bonds is 5. The number of ether oxygens (including phenoxy) is 1. The maximum atomic E-state index is 12.5. The monoisotopic (exact) mass is 297 g/mol. The molecule has 0 aromatic heterocycles. The number of carbonyl (C=O) groups excluding carboxylic acids is 2. The SMILES string of the molecule is COC(=O)[C@@H]1CCC[C@H]2N[C@H](CCCN=C(N)N)C(=O)N21. The molecule has 21 heavy (non-hydrogen) atoms. The Morgan fingerprint density at radius 3 is 2.90 bits per heavy atom. The zero-order valence-corrected chi connectivity index (χ0v) is 12.2. The van der Waals surface area contributed by atoms with Crippen molar-refractivity contribution in [3.8, 4) is 0 Å². The van der Waals surface area contributed by atoms with Crippen molar-refractivity contribution in [2.75, 3.05) is 13.7 Å². The normalized spacial score (nSPS) is 28.1. The van der Waals surface area contributed by atoms with Crippen LogP contribution in [0.15, 0.2) is 4.99 Å². The van der Waals surface area contributed by atoms with Crippen molar-refractivity contribution in [1.29, 1.82) is 0 Å².